The smallest absolute Gasteiger partial charge is 0.230 e. The number of fused-ring (bicyclic) bond motifs is 1. The Morgan fingerprint density at radius 1 is 1.35 bits per heavy atom. The maximum atomic E-state index is 12.3. The molecule has 0 saturated carbocycles. The van der Waals surface area contributed by atoms with Gasteiger partial charge in [-0.1, -0.05) is 36.0 Å². The fourth-order valence-electron chi connectivity index (χ4n) is 3.86. The zero-order valence-corrected chi connectivity index (χ0v) is 18.7. The second kappa shape index (κ2) is 9.27. The molecule has 31 heavy (non-hydrogen) atoms. The summed E-state index contributed by atoms with van der Waals surface area (Å²) in [6.45, 7) is 4.79. The van der Waals surface area contributed by atoms with E-state index in [-0.39, 0.29) is 29.1 Å². The van der Waals surface area contributed by atoms with E-state index in [1.54, 1.807) is 6.08 Å². The van der Waals surface area contributed by atoms with Crippen molar-refractivity contribution in [1.82, 2.24) is 25.1 Å². The lowest BCUT2D eigenvalue weighted by Gasteiger charge is -2.11. The maximum Gasteiger partial charge on any atom is 0.230 e. The summed E-state index contributed by atoms with van der Waals surface area (Å²) >= 11 is 1.30. The third kappa shape index (κ3) is 5.01. The van der Waals surface area contributed by atoms with Crippen molar-refractivity contribution in [3.63, 3.8) is 0 Å². The van der Waals surface area contributed by atoms with Crippen LogP contribution < -0.4 is 5.32 Å². The lowest BCUT2D eigenvalue weighted by atomic mass is 10.1. The molecule has 0 spiro atoms. The van der Waals surface area contributed by atoms with Crippen LogP contribution in [0.25, 0.3) is 10.9 Å². The van der Waals surface area contributed by atoms with Gasteiger partial charge in [0.2, 0.25) is 5.91 Å². The van der Waals surface area contributed by atoms with Gasteiger partial charge < -0.3 is 14.9 Å². The first-order valence-corrected chi connectivity index (χ1v) is 13.0. The molecule has 1 atom stereocenters. The molecule has 0 radical (unpaired) electrons. The molecule has 3 aromatic rings. The zero-order valence-electron chi connectivity index (χ0n) is 17.1. The number of amides is 1. The molecule has 0 aliphatic carbocycles. The highest BCUT2D eigenvalue weighted by Crippen LogP contribution is 2.30. The molecule has 1 aromatic carbocycles. The molecule has 1 fully saturated rings. The van der Waals surface area contributed by atoms with E-state index in [0.29, 0.717) is 30.5 Å². The quantitative estimate of drug-likeness (QED) is 0.375. The average molecular weight is 460 g/mol. The highest BCUT2D eigenvalue weighted by atomic mass is 32.2. The van der Waals surface area contributed by atoms with Crippen molar-refractivity contribution in [3.8, 4) is 0 Å². The molecule has 1 saturated heterocycles. The number of aromatic amines is 1. The van der Waals surface area contributed by atoms with Crippen LogP contribution in [0.3, 0.4) is 0 Å². The van der Waals surface area contributed by atoms with Crippen LogP contribution in [0.1, 0.15) is 23.7 Å². The van der Waals surface area contributed by atoms with E-state index in [1.807, 2.05) is 29.0 Å². The monoisotopic (exact) mass is 459 g/mol. The van der Waals surface area contributed by atoms with E-state index in [1.165, 1.54) is 22.7 Å². The number of hydrogen-bond donors (Lipinski definition) is 2. The van der Waals surface area contributed by atoms with Gasteiger partial charge in [-0.15, -0.1) is 16.8 Å². The first-order chi connectivity index (χ1) is 15.0. The van der Waals surface area contributed by atoms with Crippen molar-refractivity contribution in [2.75, 3.05) is 23.8 Å². The van der Waals surface area contributed by atoms with Crippen molar-refractivity contribution in [1.29, 1.82) is 0 Å². The van der Waals surface area contributed by atoms with Crippen LogP contribution in [0.5, 0.6) is 0 Å². The minimum absolute atomic E-state index is 0.0806. The first-order valence-electron chi connectivity index (χ1n) is 10.2. The van der Waals surface area contributed by atoms with Crippen molar-refractivity contribution >= 4 is 38.4 Å². The van der Waals surface area contributed by atoms with Gasteiger partial charge in [-0.25, -0.2) is 8.42 Å². The van der Waals surface area contributed by atoms with Gasteiger partial charge in [0, 0.05) is 36.1 Å². The molecule has 1 amide bonds. The molecule has 2 aromatic heterocycles. The SMILES string of the molecule is C=CCn1c(SCC(=O)NCCc2c[nH]c3ccccc23)nnc1C1CCS(=O)(=O)C1. The molecule has 4 rings (SSSR count). The second-order valence-corrected chi connectivity index (χ2v) is 10.8. The number of allylic oxidation sites excluding steroid dienone is 1. The van der Waals surface area contributed by atoms with Crippen LogP contribution >= 0.6 is 11.8 Å². The van der Waals surface area contributed by atoms with Gasteiger partial charge >= 0.3 is 0 Å². The summed E-state index contributed by atoms with van der Waals surface area (Å²) < 4.78 is 25.5. The number of sulfone groups is 1. The van der Waals surface area contributed by atoms with E-state index in [0.717, 1.165) is 11.9 Å². The number of carbonyl (C=O) groups excluding carboxylic acids is 1. The number of aromatic nitrogens is 4. The third-order valence-electron chi connectivity index (χ3n) is 5.38. The molecular weight excluding hydrogens is 434 g/mol. The summed E-state index contributed by atoms with van der Waals surface area (Å²) in [5.41, 5.74) is 2.26. The Morgan fingerprint density at radius 3 is 2.97 bits per heavy atom. The number of carbonyl (C=O) groups is 1. The van der Waals surface area contributed by atoms with Crippen LogP contribution in [0.2, 0.25) is 0 Å². The standard InChI is InChI=1S/C21H25N5O3S2/c1-2-10-26-20(16-8-11-31(28,29)14-16)24-25-21(26)30-13-19(27)22-9-7-15-12-23-18-6-4-3-5-17(15)18/h2-6,12,16,23H,1,7-11,13-14H2,(H,22,27). The summed E-state index contributed by atoms with van der Waals surface area (Å²) in [4.78, 5) is 15.6. The number of benzene rings is 1. The minimum Gasteiger partial charge on any atom is -0.361 e. The molecule has 3 heterocycles. The summed E-state index contributed by atoms with van der Waals surface area (Å²) in [5, 5.41) is 13.2. The Bertz CT molecular complexity index is 1200. The normalized spacial score (nSPS) is 17.7. The Hall–Kier alpha value is -2.59. The van der Waals surface area contributed by atoms with Gasteiger partial charge in [0.05, 0.1) is 17.3 Å². The van der Waals surface area contributed by atoms with E-state index in [2.05, 4.69) is 33.1 Å². The molecule has 1 unspecified atom stereocenters. The van der Waals surface area contributed by atoms with Gasteiger partial charge in [0.25, 0.3) is 0 Å². The van der Waals surface area contributed by atoms with Gasteiger partial charge in [0.1, 0.15) is 5.82 Å². The average Bonchev–Trinajstić information content (AvgIpc) is 3.44. The van der Waals surface area contributed by atoms with Crippen molar-refractivity contribution in [2.45, 2.75) is 30.5 Å². The summed E-state index contributed by atoms with van der Waals surface area (Å²) in [6.07, 6.45) is 5.00. The maximum absolute atomic E-state index is 12.3. The van der Waals surface area contributed by atoms with Gasteiger partial charge in [-0.2, -0.15) is 0 Å². The second-order valence-electron chi connectivity index (χ2n) is 7.59. The van der Waals surface area contributed by atoms with Crippen LogP contribution in [0.15, 0.2) is 48.3 Å². The number of H-pyrrole nitrogens is 1. The highest BCUT2D eigenvalue weighted by molar-refractivity contribution is 7.99. The van der Waals surface area contributed by atoms with Crippen LogP contribution in [0.4, 0.5) is 0 Å². The summed E-state index contributed by atoms with van der Waals surface area (Å²) in [6, 6.07) is 8.09. The largest absolute Gasteiger partial charge is 0.361 e. The van der Waals surface area contributed by atoms with Crippen LogP contribution in [0, 0.1) is 0 Å². The fourth-order valence-corrected chi connectivity index (χ4v) is 6.39. The molecule has 8 nitrogen and oxygen atoms in total. The van der Waals surface area contributed by atoms with Gasteiger partial charge in [-0.05, 0) is 24.5 Å². The highest BCUT2D eigenvalue weighted by Gasteiger charge is 2.33. The number of nitrogens with one attached hydrogen (secondary N) is 2. The Kier molecular flexibility index (Phi) is 6.47. The summed E-state index contributed by atoms with van der Waals surface area (Å²) in [7, 11) is -3.01. The predicted octanol–water partition coefficient (Wildman–Crippen LogP) is 2.30. The summed E-state index contributed by atoms with van der Waals surface area (Å²) in [5.74, 6) is 0.913. The number of hydrogen-bond acceptors (Lipinski definition) is 6. The number of nitrogens with zero attached hydrogens (tertiary/aromatic N) is 3. The van der Waals surface area contributed by atoms with Crippen LogP contribution in [-0.4, -0.2) is 57.9 Å². The minimum atomic E-state index is -3.01. The molecule has 1 aliphatic rings. The van der Waals surface area contributed by atoms with Crippen molar-refractivity contribution < 1.29 is 13.2 Å². The predicted molar refractivity (Wildman–Crippen MR) is 122 cm³/mol. The molecule has 10 heteroatoms. The van der Waals surface area contributed by atoms with E-state index in [9.17, 15) is 13.2 Å². The topological polar surface area (TPSA) is 110 Å². The van der Waals surface area contributed by atoms with Crippen molar-refractivity contribution in [2.24, 2.45) is 0 Å². The molecule has 2 N–H and O–H groups in total. The third-order valence-corrected chi connectivity index (χ3v) is 8.11. The lowest BCUT2D eigenvalue weighted by Crippen LogP contribution is -2.27. The number of thioether (sulfide) groups is 1. The zero-order chi connectivity index (χ0) is 21.8. The van der Waals surface area contributed by atoms with E-state index in [4.69, 9.17) is 0 Å². The Labute approximate surface area is 185 Å². The molecular formula is C21H25N5O3S2. The van der Waals surface area contributed by atoms with E-state index >= 15 is 0 Å². The lowest BCUT2D eigenvalue weighted by molar-refractivity contribution is -0.118. The fraction of sp³-hybridized carbons (Fsp3) is 0.381. The number of rotatable bonds is 9. The number of para-hydroxylation sites is 1. The van der Waals surface area contributed by atoms with E-state index < -0.39 is 9.84 Å². The Balaban J connectivity index is 1.32. The van der Waals surface area contributed by atoms with Gasteiger partial charge in [0.15, 0.2) is 15.0 Å². The molecule has 0 bridgehead atoms. The molecule has 1 aliphatic heterocycles. The molecule has 164 valence electrons. The Morgan fingerprint density at radius 2 is 2.19 bits per heavy atom. The first kappa shape index (κ1) is 21.6. The van der Waals surface area contributed by atoms with Gasteiger partial charge in [-0.3, -0.25) is 4.79 Å². The van der Waals surface area contributed by atoms with Crippen LogP contribution in [-0.2, 0) is 27.6 Å². The van der Waals surface area contributed by atoms with Crippen molar-refractivity contribution in [3.05, 3.63) is 54.5 Å².